The molecule has 0 spiro atoms. The SMILES string of the molecule is CC1COC(CO)CN1C(=O)C1CC1c1cccc(C(F)(F)F)c1. The van der Waals surface area contributed by atoms with Gasteiger partial charge in [-0.15, -0.1) is 0 Å². The molecule has 4 nitrogen and oxygen atoms in total. The summed E-state index contributed by atoms with van der Waals surface area (Å²) in [6, 6.07) is 5.11. The van der Waals surface area contributed by atoms with Crippen LogP contribution in [0.3, 0.4) is 0 Å². The second-order valence-electron chi connectivity index (χ2n) is 6.55. The molecule has 0 aromatic heterocycles. The van der Waals surface area contributed by atoms with Gasteiger partial charge in [0.15, 0.2) is 0 Å². The first-order valence-corrected chi connectivity index (χ1v) is 8.01. The molecule has 4 unspecified atom stereocenters. The van der Waals surface area contributed by atoms with E-state index >= 15 is 0 Å². The van der Waals surface area contributed by atoms with Gasteiger partial charge in [0.2, 0.25) is 5.91 Å². The quantitative estimate of drug-likeness (QED) is 0.917. The molecule has 2 aliphatic rings. The van der Waals surface area contributed by atoms with Crippen LogP contribution in [0.2, 0.25) is 0 Å². The molecular formula is C17H20F3NO3. The van der Waals surface area contributed by atoms with E-state index in [-0.39, 0.29) is 30.4 Å². The zero-order valence-electron chi connectivity index (χ0n) is 13.3. The van der Waals surface area contributed by atoms with Crippen molar-refractivity contribution >= 4 is 5.91 Å². The second kappa shape index (κ2) is 6.37. The molecule has 1 aliphatic carbocycles. The van der Waals surface area contributed by atoms with Gasteiger partial charge in [-0.1, -0.05) is 18.2 Å². The van der Waals surface area contributed by atoms with Crippen molar-refractivity contribution in [3.8, 4) is 0 Å². The fraction of sp³-hybridized carbons (Fsp3) is 0.588. The summed E-state index contributed by atoms with van der Waals surface area (Å²) >= 11 is 0. The molecule has 2 fully saturated rings. The van der Waals surface area contributed by atoms with E-state index < -0.39 is 17.8 Å². The Balaban J connectivity index is 1.69. The highest BCUT2D eigenvalue weighted by Crippen LogP contribution is 2.49. The molecular weight excluding hydrogens is 323 g/mol. The minimum absolute atomic E-state index is 0.0633. The Morgan fingerprint density at radius 2 is 2.17 bits per heavy atom. The maximum absolute atomic E-state index is 12.8. The largest absolute Gasteiger partial charge is 0.416 e. The van der Waals surface area contributed by atoms with E-state index in [0.29, 0.717) is 25.1 Å². The highest BCUT2D eigenvalue weighted by molar-refractivity contribution is 5.83. The van der Waals surface area contributed by atoms with E-state index in [1.165, 1.54) is 6.07 Å². The van der Waals surface area contributed by atoms with Gasteiger partial charge in [-0.2, -0.15) is 13.2 Å². The van der Waals surface area contributed by atoms with Gasteiger partial charge in [-0.05, 0) is 30.9 Å². The van der Waals surface area contributed by atoms with Crippen molar-refractivity contribution in [2.24, 2.45) is 5.92 Å². The number of hydrogen-bond acceptors (Lipinski definition) is 3. The maximum atomic E-state index is 12.8. The fourth-order valence-electron chi connectivity index (χ4n) is 3.23. The molecule has 1 heterocycles. The number of benzene rings is 1. The summed E-state index contributed by atoms with van der Waals surface area (Å²) in [5.74, 6) is -0.512. The Hall–Kier alpha value is -1.60. The van der Waals surface area contributed by atoms with Crippen molar-refractivity contribution in [1.29, 1.82) is 0 Å². The minimum Gasteiger partial charge on any atom is -0.394 e. The van der Waals surface area contributed by atoms with Gasteiger partial charge in [0, 0.05) is 12.5 Å². The van der Waals surface area contributed by atoms with Crippen molar-refractivity contribution < 1.29 is 27.8 Å². The van der Waals surface area contributed by atoms with E-state index in [4.69, 9.17) is 4.74 Å². The van der Waals surface area contributed by atoms with Gasteiger partial charge in [-0.25, -0.2) is 0 Å². The third kappa shape index (κ3) is 3.42. The number of hydrogen-bond donors (Lipinski definition) is 1. The van der Waals surface area contributed by atoms with Crippen LogP contribution in [-0.4, -0.2) is 47.8 Å². The molecule has 1 aromatic carbocycles. The number of aliphatic hydroxyl groups is 1. The van der Waals surface area contributed by atoms with Gasteiger partial charge in [0.05, 0.1) is 30.9 Å². The van der Waals surface area contributed by atoms with E-state index in [1.807, 2.05) is 6.92 Å². The zero-order valence-corrected chi connectivity index (χ0v) is 13.3. The summed E-state index contributed by atoms with van der Waals surface area (Å²) in [5, 5.41) is 9.20. The van der Waals surface area contributed by atoms with Crippen LogP contribution >= 0.6 is 0 Å². The molecule has 132 valence electrons. The highest BCUT2D eigenvalue weighted by Gasteiger charge is 2.48. The van der Waals surface area contributed by atoms with Crippen LogP contribution in [0, 0.1) is 5.92 Å². The lowest BCUT2D eigenvalue weighted by molar-refractivity contribution is -0.147. The normalized spacial score (nSPS) is 30.3. The van der Waals surface area contributed by atoms with Crippen LogP contribution in [0.15, 0.2) is 24.3 Å². The standard InChI is InChI=1S/C17H20F3NO3/c1-10-9-24-13(8-22)7-21(10)16(23)15-6-14(15)11-3-2-4-12(5-11)17(18,19)20/h2-5,10,13-15,22H,6-9H2,1H3. The average Bonchev–Trinajstić information content (AvgIpc) is 3.35. The summed E-state index contributed by atoms with van der Waals surface area (Å²) in [6.07, 6.45) is -4.21. The molecule has 7 heteroatoms. The number of amides is 1. The molecule has 1 aromatic rings. The Morgan fingerprint density at radius 3 is 2.83 bits per heavy atom. The van der Waals surface area contributed by atoms with Crippen LogP contribution < -0.4 is 0 Å². The number of halogens is 3. The average molecular weight is 343 g/mol. The summed E-state index contributed by atoms with van der Waals surface area (Å²) in [5.41, 5.74) is -0.124. The van der Waals surface area contributed by atoms with Crippen molar-refractivity contribution in [2.75, 3.05) is 19.8 Å². The van der Waals surface area contributed by atoms with Crippen molar-refractivity contribution in [3.63, 3.8) is 0 Å². The van der Waals surface area contributed by atoms with Crippen molar-refractivity contribution in [1.82, 2.24) is 4.90 Å². The lowest BCUT2D eigenvalue weighted by atomic mass is 10.0. The molecule has 4 atom stereocenters. The van der Waals surface area contributed by atoms with E-state index in [2.05, 4.69) is 0 Å². The maximum Gasteiger partial charge on any atom is 0.416 e. The van der Waals surface area contributed by atoms with Gasteiger partial charge in [0.25, 0.3) is 0 Å². The van der Waals surface area contributed by atoms with Gasteiger partial charge in [-0.3, -0.25) is 4.79 Å². The van der Waals surface area contributed by atoms with Crippen LogP contribution in [0.4, 0.5) is 13.2 Å². The molecule has 1 N–H and O–H groups in total. The number of alkyl halides is 3. The number of aliphatic hydroxyl groups excluding tert-OH is 1. The van der Waals surface area contributed by atoms with E-state index in [0.717, 1.165) is 12.1 Å². The van der Waals surface area contributed by atoms with E-state index in [1.54, 1.807) is 11.0 Å². The Morgan fingerprint density at radius 1 is 1.42 bits per heavy atom. The first-order valence-electron chi connectivity index (χ1n) is 8.01. The number of morpholine rings is 1. The monoisotopic (exact) mass is 343 g/mol. The number of nitrogens with zero attached hydrogens (tertiary/aromatic N) is 1. The predicted molar refractivity (Wildman–Crippen MR) is 80.3 cm³/mol. The molecule has 3 rings (SSSR count). The third-order valence-corrected chi connectivity index (χ3v) is 4.74. The zero-order chi connectivity index (χ0) is 17.5. The van der Waals surface area contributed by atoms with Gasteiger partial charge in [0.1, 0.15) is 0 Å². The van der Waals surface area contributed by atoms with Crippen LogP contribution in [0.25, 0.3) is 0 Å². The van der Waals surface area contributed by atoms with Crippen LogP contribution in [-0.2, 0) is 15.7 Å². The molecule has 1 saturated heterocycles. The Labute approximate surface area is 138 Å². The third-order valence-electron chi connectivity index (χ3n) is 4.74. The summed E-state index contributed by atoms with van der Waals surface area (Å²) in [4.78, 5) is 14.3. The molecule has 1 aliphatic heterocycles. The first-order chi connectivity index (χ1) is 11.3. The first kappa shape index (κ1) is 17.2. The number of carbonyl (C=O) groups is 1. The summed E-state index contributed by atoms with van der Waals surface area (Å²) < 4.78 is 43.9. The second-order valence-corrected chi connectivity index (χ2v) is 6.55. The molecule has 1 amide bonds. The lowest BCUT2D eigenvalue weighted by Crippen LogP contribution is -2.52. The molecule has 1 saturated carbocycles. The summed E-state index contributed by atoms with van der Waals surface area (Å²) in [7, 11) is 0. The Bertz CT molecular complexity index is 619. The van der Waals surface area contributed by atoms with Crippen LogP contribution in [0.1, 0.15) is 30.4 Å². The predicted octanol–water partition coefficient (Wildman–Crippen LogP) is 2.42. The van der Waals surface area contributed by atoms with Crippen molar-refractivity contribution in [2.45, 2.75) is 37.6 Å². The summed E-state index contributed by atoms with van der Waals surface area (Å²) in [6.45, 7) is 2.39. The van der Waals surface area contributed by atoms with Crippen molar-refractivity contribution in [3.05, 3.63) is 35.4 Å². The topological polar surface area (TPSA) is 49.8 Å². The van der Waals surface area contributed by atoms with Crippen LogP contribution in [0.5, 0.6) is 0 Å². The lowest BCUT2D eigenvalue weighted by Gasteiger charge is -2.37. The number of carbonyl (C=O) groups excluding carboxylic acids is 1. The van der Waals surface area contributed by atoms with Gasteiger partial charge >= 0.3 is 6.18 Å². The molecule has 0 radical (unpaired) electrons. The number of rotatable bonds is 3. The fourth-order valence-corrected chi connectivity index (χ4v) is 3.23. The van der Waals surface area contributed by atoms with Gasteiger partial charge < -0.3 is 14.7 Å². The smallest absolute Gasteiger partial charge is 0.394 e. The minimum atomic E-state index is -4.38. The Kier molecular flexibility index (Phi) is 4.57. The number of ether oxygens (including phenoxy) is 1. The molecule has 24 heavy (non-hydrogen) atoms. The van der Waals surface area contributed by atoms with E-state index in [9.17, 15) is 23.1 Å². The highest BCUT2D eigenvalue weighted by atomic mass is 19.4. The molecule has 0 bridgehead atoms.